The molecule has 0 fully saturated rings. The van der Waals surface area contributed by atoms with Gasteiger partial charge in [0.25, 0.3) is 5.91 Å². The van der Waals surface area contributed by atoms with Crippen molar-refractivity contribution in [2.45, 2.75) is 13.8 Å². The summed E-state index contributed by atoms with van der Waals surface area (Å²) in [6, 6.07) is 12.9. The summed E-state index contributed by atoms with van der Waals surface area (Å²) in [5.74, 6) is -0.000821. The molecule has 152 valence electrons. The normalized spacial score (nSPS) is 10.9. The average Bonchev–Trinajstić information content (AvgIpc) is 3.08. The van der Waals surface area contributed by atoms with Crippen molar-refractivity contribution in [3.05, 3.63) is 76.8 Å². The minimum Gasteiger partial charge on any atom is -0.494 e. The highest BCUT2D eigenvalue weighted by atomic mass is 35.5. The van der Waals surface area contributed by atoms with E-state index in [0.29, 0.717) is 34.7 Å². The van der Waals surface area contributed by atoms with Gasteiger partial charge < -0.3 is 10.1 Å². The molecule has 1 amide bonds. The largest absolute Gasteiger partial charge is 0.494 e. The first kappa shape index (κ1) is 19.8. The van der Waals surface area contributed by atoms with E-state index in [-0.39, 0.29) is 22.3 Å². The lowest BCUT2D eigenvalue weighted by Crippen LogP contribution is -2.13. The van der Waals surface area contributed by atoms with E-state index in [0.717, 1.165) is 5.75 Å². The number of nitrogens with one attached hydrogen (secondary N) is 1. The van der Waals surface area contributed by atoms with Crippen molar-refractivity contribution in [2.24, 2.45) is 0 Å². The lowest BCUT2D eigenvalue weighted by molar-refractivity contribution is 0.102. The molecule has 0 atom stereocenters. The van der Waals surface area contributed by atoms with Crippen LogP contribution in [0.3, 0.4) is 0 Å². The van der Waals surface area contributed by atoms with Crippen molar-refractivity contribution in [3.63, 3.8) is 0 Å². The number of carbonyl (C=O) groups is 1. The van der Waals surface area contributed by atoms with Crippen molar-refractivity contribution in [3.8, 4) is 11.4 Å². The van der Waals surface area contributed by atoms with Crippen LogP contribution in [0.1, 0.15) is 23.0 Å². The molecule has 8 heteroatoms. The summed E-state index contributed by atoms with van der Waals surface area (Å²) in [5.41, 5.74) is 2.59. The van der Waals surface area contributed by atoms with E-state index in [1.807, 2.05) is 6.92 Å². The van der Waals surface area contributed by atoms with Gasteiger partial charge in [-0.05, 0) is 62.4 Å². The number of nitrogens with zero attached hydrogens (tertiary/aromatic N) is 3. The number of hydrogen-bond donors (Lipinski definition) is 1. The van der Waals surface area contributed by atoms with Crippen LogP contribution in [0.25, 0.3) is 16.7 Å². The molecule has 2 aromatic heterocycles. The maximum atomic E-state index is 13.2. The van der Waals surface area contributed by atoms with E-state index >= 15 is 0 Å². The van der Waals surface area contributed by atoms with Crippen LogP contribution < -0.4 is 10.1 Å². The highest BCUT2D eigenvalue weighted by molar-refractivity contribution is 6.39. The molecule has 2 heterocycles. The second-order valence-electron chi connectivity index (χ2n) is 6.57. The zero-order valence-electron chi connectivity index (χ0n) is 16.3. The van der Waals surface area contributed by atoms with Gasteiger partial charge in [0.05, 0.1) is 34.0 Å². The molecule has 4 rings (SSSR count). The van der Waals surface area contributed by atoms with E-state index in [1.165, 1.54) is 18.3 Å². The molecule has 6 nitrogen and oxygen atoms in total. The van der Waals surface area contributed by atoms with Crippen LogP contribution in [0.2, 0.25) is 5.02 Å². The first-order valence-corrected chi connectivity index (χ1v) is 9.69. The van der Waals surface area contributed by atoms with Gasteiger partial charge in [0.1, 0.15) is 11.6 Å². The topological polar surface area (TPSA) is 69.0 Å². The number of benzene rings is 2. The van der Waals surface area contributed by atoms with Gasteiger partial charge >= 0.3 is 0 Å². The summed E-state index contributed by atoms with van der Waals surface area (Å²) in [6.07, 6.45) is 1.41. The number of pyridine rings is 1. The van der Waals surface area contributed by atoms with E-state index in [9.17, 15) is 9.18 Å². The molecular weight excluding hydrogens is 407 g/mol. The third kappa shape index (κ3) is 3.71. The predicted molar refractivity (Wildman–Crippen MR) is 114 cm³/mol. The molecule has 0 unspecified atom stereocenters. The third-order valence-electron chi connectivity index (χ3n) is 4.55. The molecule has 4 aromatic rings. The third-order valence-corrected chi connectivity index (χ3v) is 4.94. The van der Waals surface area contributed by atoms with Crippen LogP contribution in [-0.4, -0.2) is 27.3 Å². The summed E-state index contributed by atoms with van der Waals surface area (Å²) in [5, 5.41) is 8.10. The first-order valence-electron chi connectivity index (χ1n) is 9.32. The fourth-order valence-corrected chi connectivity index (χ4v) is 3.48. The number of rotatable bonds is 5. The molecule has 2 aromatic carbocycles. The highest BCUT2D eigenvalue weighted by Gasteiger charge is 2.20. The summed E-state index contributed by atoms with van der Waals surface area (Å²) in [7, 11) is 0. The standard InChI is InChI=1S/C22H18ClFN4O2/c1-3-30-17-10-6-15(7-11-17)26-22(29)18-12-25-21-19(20(18)23)13(2)27-28(21)16-8-4-14(24)5-9-16/h4-12H,3H2,1-2H3,(H,26,29). The molecule has 0 aliphatic carbocycles. The Balaban J connectivity index is 1.67. The number of carbonyl (C=O) groups excluding carboxylic acids is 1. The van der Waals surface area contributed by atoms with Crippen molar-refractivity contribution in [2.75, 3.05) is 11.9 Å². The van der Waals surface area contributed by atoms with E-state index < -0.39 is 0 Å². The maximum Gasteiger partial charge on any atom is 0.258 e. The Morgan fingerprint density at radius 3 is 2.53 bits per heavy atom. The van der Waals surface area contributed by atoms with Gasteiger partial charge in [-0.3, -0.25) is 4.79 Å². The number of ether oxygens (including phenoxy) is 1. The van der Waals surface area contributed by atoms with Gasteiger partial charge in [-0.1, -0.05) is 11.6 Å². The van der Waals surface area contributed by atoms with Crippen molar-refractivity contribution >= 4 is 34.2 Å². The maximum absolute atomic E-state index is 13.2. The van der Waals surface area contributed by atoms with Crippen LogP contribution in [0.15, 0.2) is 54.7 Å². The first-order chi connectivity index (χ1) is 14.5. The highest BCUT2D eigenvalue weighted by Crippen LogP contribution is 2.30. The number of aromatic nitrogens is 3. The van der Waals surface area contributed by atoms with Crippen LogP contribution >= 0.6 is 11.6 Å². The Bertz CT molecular complexity index is 1220. The number of aryl methyl sites for hydroxylation is 1. The quantitative estimate of drug-likeness (QED) is 0.479. The van der Waals surface area contributed by atoms with Gasteiger partial charge in [-0.2, -0.15) is 5.10 Å². The van der Waals surface area contributed by atoms with E-state index in [1.54, 1.807) is 48.0 Å². The fourth-order valence-electron chi connectivity index (χ4n) is 3.13. The Morgan fingerprint density at radius 1 is 1.17 bits per heavy atom. The zero-order valence-corrected chi connectivity index (χ0v) is 17.1. The smallest absolute Gasteiger partial charge is 0.258 e. The van der Waals surface area contributed by atoms with Crippen LogP contribution in [-0.2, 0) is 0 Å². The van der Waals surface area contributed by atoms with Crippen molar-refractivity contribution in [1.29, 1.82) is 0 Å². The number of fused-ring (bicyclic) bond motifs is 1. The van der Waals surface area contributed by atoms with Gasteiger partial charge in [0.15, 0.2) is 5.65 Å². The fraction of sp³-hybridized carbons (Fsp3) is 0.136. The van der Waals surface area contributed by atoms with Crippen molar-refractivity contribution in [1.82, 2.24) is 14.8 Å². The molecule has 0 radical (unpaired) electrons. The summed E-state index contributed by atoms with van der Waals surface area (Å²) >= 11 is 6.57. The summed E-state index contributed by atoms with van der Waals surface area (Å²) < 4.78 is 20.2. The monoisotopic (exact) mass is 424 g/mol. The predicted octanol–water partition coefficient (Wildman–Crippen LogP) is 5.17. The Morgan fingerprint density at radius 2 is 1.87 bits per heavy atom. The number of hydrogen-bond acceptors (Lipinski definition) is 4. The number of anilines is 1. The molecule has 0 spiro atoms. The Kier molecular flexibility index (Phi) is 5.37. The lowest BCUT2D eigenvalue weighted by atomic mass is 10.2. The van der Waals surface area contributed by atoms with Crippen LogP contribution in [0, 0.1) is 12.7 Å². The SMILES string of the molecule is CCOc1ccc(NC(=O)c2cnc3c(c(C)nn3-c3ccc(F)cc3)c2Cl)cc1. The Hall–Kier alpha value is -3.45. The van der Waals surface area contributed by atoms with Crippen LogP contribution in [0.4, 0.5) is 10.1 Å². The minimum atomic E-state index is -0.382. The molecule has 0 saturated carbocycles. The molecular formula is C22H18ClFN4O2. The lowest BCUT2D eigenvalue weighted by Gasteiger charge is -2.09. The number of amides is 1. The molecule has 0 aliphatic heterocycles. The van der Waals surface area contributed by atoms with Gasteiger partial charge in [0.2, 0.25) is 0 Å². The summed E-state index contributed by atoms with van der Waals surface area (Å²) in [6.45, 7) is 4.25. The van der Waals surface area contributed by atoms with Gasteiger partial charge in [-0.15, -0.1) is 0 Å². The molecule has 1 N–H and O–H groups in total. The van der Waals surface area contributed by atoms with Crippen molar-refractivity contribution < 1.29 is 13.9 Å². The molecule has 0 aliphatic rings. The average molecular weight is 425 g/mol. The van der Waals surface area contributed by atoms with Gasteiger partial charge in [-0.25, -0.2) is 14.1 Å². The van der Waals surface area contributed by atoms with E-state index in [2.05, 4.69) is 15.4 Å². The summed E-state index contributed by atoms with van der Waals surface area (Å²) in [4.78, 5) is 17.2. The second kappa shape index (κ2) is 8.12. The zero-order chi connectivity index (χ0) is 21.3. The molecule has 30 heavy (non-hydrogen) atoms. The molecule has 0 saturated heterocycles. The van der Waals surface area contributed by atoms with E-state index in [4.69, 9.17) is 16.3 Å². The second-order valence-corrected chi connectivity index (χ2v) is 6.95. The number of halogens is 2. The Labute approximate surface area is 177 Å². The molecule has 0 bridgehead atoms. The van der Waals surface area contributed by atoms with Gasteiger partial charge in [0, 0.05) is 11.9 Å². The minimum absolute atomic E-state index is 0.236. The van der Waals surface area contributed by atoms with Crippen LogP contribution in [0.5, 0.6) is 5.75 Å².